The summed E-state index contributed by atoms with van der Waals surface area (Å²) in [7, 11) is 0. The Morgan fingerprint density at radius 3 is 2.75 bits per heavy atom. The van der Waals surface area contributed by atoms with Gasteiger partial charge >= 0.3 is 0 Å². The van der Waals surface area contributed by atoms with Crippen molar-refractivity contribution < 1.29 is 14.5 Å². The Bertz CT molecular complexity index is 772. The van der Waals surface area contributed by atoms with Crippen LogP contribution in [0.2, 0.25) is 0 Å². The molecule has 1 amide bonds. The average molecular weight is 349 g/mol. The first-order valence-corrected chi connectivity index (χ1v) is 8.09. The van der Waals surface area contributed by atoms with Crippen LogP contribution in [-0.4, -0.2) is 47.3 Å². The lowest BCUT2D eigenvalue weighted by Crippen LogP contribution is -2.36. The van der Waals surface area contributed by atoms with E-state index in [0.29, 0.717) is 37.1 Å². The van der Waals surface area contributed by atoms with Gasteiger partial charge in [0.1, 0.15) is 10.7 Å². The molecule has 0 spiro atoms. The van der Waals surface area contributed by atoms with Crippen molar-refractivity contribution in [1.29, 1.82) is 0 Å². The summed E-state index contributed by atoms with van der Waals surface area (Å²) < 4.78 is 5.26. The van der Waals surface area contributed by atoms with E-state index in [0.717, 1.165) is 5.01 Å². The number of ether oxygens (including phenoxy) is 1. The highest BCUT2D eigenvalue weighted by molar-refractivity contribution is 7.15. The van der Waals surface area contributed by atoms with Gasteiger partial charge in [-0.1, -0.05) is 11.3 Å². The maximum atomic E-state index is 12.3. The second-order valence-corrected chi connectivity index (χ2v) is 6.32. The molecular weight excluding hydrogens is 334 g/mol. The van der Waals surface area contributed by atoms with Crippen LogP contribution in [0.4, 0.5) is 16.5 Å². The molecule has 0 bridgehead atoms. The Balaban J connectivity index is 1.85. The zero-order valence-electron chi connectivity index (χ0n) is 12.9. The fraction of sp³-hybridized carbons (Fsp3) is 0.357. The SMILES string of the molecule is Cc1nnc(NC(=O)c2ccc(N3CCOCC3)c([N+](=O)[O-])c2)s1. The third-order valence-electron chi connectivity index (χ3n) is 3.53. The van der Waals surface area contributed by atoms with Crippen LogP contribution in [-0.2, 0) is 4.74 Å². The summed E-state index contributed by atoms with van der Waals surface area (Å²) in [6, 6.07) is 4.46. The summed E-state index contributed by atoms with van der Waals surface area (Å²) in [5.41, 5.74) is 0.594. The number of carbonyl (C=O) groups is 1. The standard InChI is InChI=1S/C14H15N5O4S/c1-9-16-17-14(24-9)15-13(20)10-2-3-11(12(8-10)19(21)22)18-4-6-23-7-5-18/h2-3,8H,4-7H2,1H3,(H,15,17,20). The van der Waals surface area contributed by atoms with Crippen molar-refractivity contribution in [3.8, 4) is 0 Å². The van der Waals surface area contributed by atoms with Crippen LogP contribution < -0.4 is 10.2 Å². The molecule has 1 aromatic carbocycles. The number of nitrogens with zero attached hydrogens (tertiary/aromatic N) is 4. The number of nitro groups is 1. The van der Waals surface area contributed by atoms with Crippen LogP contribution in [0, 0.1) is 17.0 Å². The molecule has 1 fully saturated rings. The van der Waals surface area contributed by atoms with Gasteiger partial charge in [-0.25, -0.2) is 0 Å². The van der Waals surface area contributed by atoms with Crippen molar-refractivity contribution >= 4 is 33.8 Å². The highest BCUT2D eigenvalue weighted by Gasteiger charge is 2.23. The van der Waals surface area contributed by atoms with Crippen molar-refractivity contribution in [2.24, 2.45) is 0 Å². The van der Waals surface area contributed by atoms with Crippen LogP contribution >= 0.6 is 11.3 Å². The van der Waals surface area contributed by atoms with Gasteiger partial charge in [0.2, 0.25) is 5.13 Å². The van der Waals surface area contributed by atoms with Crippen molar-refractivity contribution in [3.63, 3.8) is 0 Å². The molecule has 126 valence electrons. The Morgan fingerprint density at radius 2 is 2.12 bits per heavy atom. The predicted molar refractivity (Wildman–Crippen MR) is 88.7 cm³/mol. The van der Waals surface area contributed by atoms with Gasteiger partial charge in [0.25, 0.3) is 11.6 Å². The van der Waals surface area contributed by atoms with Crippen molar-refractivity contribution in [3.05, 3.63) is 38.9 Å². The van der Waals surface area contributed by atoms with E-state index in [1.165, 1.54) is 17.4 Å². The first-order valence-electron chi connectivity index (χ1n) is 7.27. The zero-order chi connectivity index (χ0) is 17.1. The first kappa shape index (κ1) is 16.3. The van der Waals surface area contributed by atoms with Gasteiger partial charge in [0.05, 0.1) is 18.1 Å². The van der Waals surface area contributed by atoms with E-state index in [1.54, 1.807) is 19.1 Å². The van der Waals surface area contributed by atoms with Crippen molar-refractivity contribution in [1.82, 2.24) is 10.2 Å². The largest absolute Gasteiger partial charge is 0.378 e. The summed E-state index contributed by atoms with van der Waals surface area (Å²) in [5, 5.41) is 22.7. The minimum absolute atomic E-state index is 0.0991. The van der Waals surface area contributed by atoms with Crippen molar-refractivity contribution in [2.75, 3.05) is 36.5 Å². The number of rotatable bonds is 4. The normalized spacial score (nSPS) is 14.5. The van der Waals surface area contributed by atoms with Crippen LogP contribution in [0.1, 0.15) is 15.4 Å². The monoisotopic (exact) mass is 349 g/mol. The maximum absolute atomic E-state index is 12.3. The Morgan fingerprint density at radius 1 is 1.38 bits per heavy atom. The van der Waals surface area contributed by atoms with Crippen LogP contribution in [0.25, 0.3) is 0 Å². The molecule has 2 aromatic rings. The summed E-state index contributed by atoms with van der Waals surface area (Å²) in [5.74, 6) is -0.456. The third-order valence-corrected chi connectivity index (χ3v) is 4.29. The maximum Gasteiger partial charge on any atom is 0.293 e. The van der Waals surface area contributed by atoms with Crippen LogP contribution in [0.5, 0.6) is 0 Å². The lowest BCUT2D eigenvalue weighted by molar-refractivity contribution is -0.384. The number of anilines is 2. The van der Waals surface area contributed by atoms with Gasteiger partial charge in [0, 0.05) is 24.7 Å². The first-order chi connectivity index (χ1) is 11.5. The smallest absolute Gasteiger partial charge is 0.293 e. The summed E-state index contributed by atoms with van der Waals surface area (Å²) in [6.45, 7) is 3.98. The number of nitro benzene ring substituents is 1. The van der Waals surface area contributed by atoms with Crippen LogP contribution in [0.3, 0.4) is 0 Å². The lowest BCUT2D eigenvalue weighted by atomic mass is 10.1. The number of aromatic nitrogens is 2. The molecule has 0 atom stereocenters. The van der Waals surface area contributed by atoms with Crippen molar-refractivity contribution in [2.45, 2.75) is 6.92 Å². The van der Waals surface area contributed by atoms with E-state index >= 15 is 0 Å². The minimum atomic E-state index is -0.476. The highest BCUT2D eigenvalue weighted by Crippen LogP contribution is 2.30. The van der Waals surface area contributed by atoms with Gasteiger partial charge in [0.15, 0.2) is 0 Å². The topological polar surface area (TPSA) is 110 Å². The van der Waals surface area contributed by atoms with Crippen LogP contribution in [0.15, 0.2) is 18.2 Å². The van der Waals surface area contributed by atoms with Gasteiger partial charge in [-0.3, -0.25) is 20.2 Å². The molecule has 1 N–H and O–H groups in total. The molecule has 1 aliphatic heterocycles. The number of hydrogen-bond donors (Lipinski definition) is 1. The third kappa shape index (κ3) is 3.49. The average Bonchev–Trinajstić information content (AvgIpc) is 3.00. The molecule has 24 heavy (non-hydrogen) atoms. The highest BCUT2D eigenvalue weighted by atomic mass is 32.1. The number of carbonyl (C=O) groups excluding carboxylic acids is 1. The molecule has 0 saturated carbocycles. The van der Waals surface area contributed by atoms with E-state index in [1.807, 2.05) is 4.90 Å². The number of nitrogens with one attached hydrogen (secondary N) is 1. The number of hydrogen-bond acceptors (Lipinski definition) is 8. The molecule has 9 nitrogen and oxygen atoms in total. The molecule has 0 radical (unpaired) electrons. The predicted octanol–water partition coefficient (Wildman–Crippen LogP) is 1.84. The number of amides is 1. The molecule has 0 unspecified atom stereocenters. The van der Waals surface area contributed by atoms with Gasteiger partial charge in [-0.05, 0) is 19.1 Å². The van der Waals surface area contributed by atoms with E-state index in [2.05, 4.69) is 15.5 Å². The van der Waals surface area contributed by atoms with E-state index in [-0.39, 0.29) is 11.3 Å². The summed E-state index contributed by atoms with van der Waals surface area (Å²) in [6.07, 6.45) is 0. The van der Waals surface area contributed by atoms with Gasteiger partial charge < -0.3 is 9.64 Å². The summed E-state index contributed by atoms with van der Waals surface area (Å²) in [4.78, 5) is 25.1. The summed E-state index contributed by atoms with van der Waals surface area (Å²) >= 11 is 1.24. The number of aryl methyl sites for hydroxylation is 1. The molecule has 1 saturated heterocycles. The van der Waals surface area contributed by atoms with E-state index < -0.39 is 10.8 Å². The van der Waals surface area contributed by atoms with Gasteiger partial charge in [-0.2, -0.15) is 0 Å². The Kier molecular flexibility index (Phi) is 4.67. The second-order valence-electron chi connectivity index (χ2n) is 5.14. The molecular formula is C14H15N5O4S. The fourth-order valence-electron chi connectivity index (χ4n) is 2.40. The fourth-order valence-corrected chi connectivity index (χ4v) is 2.99. The van der Waals surface area contributed by atoms with Gasteiger partial charge in [-0.15, -0.1) is 10.2 Å². The molecule has 2 heterocycles. The lowest BCUT2D eigenvalue weighted by Gasteiger charge is -2.28. The Labute approximate surface area is 141 Å². The van der Waals surface area contributed by atoms with E-state index in [4.69, 9.17) is 4.74 Å². The molecule has 0 aliphatic carbocycles. The minimum Gasteiger partial charge on any atom is -0.378 e. The van der Waals surface area contributed by atoms with E-state index in [9.17, 15) is 14.9 Å². The Hall–Kier alpha value is -2.59. The molecule has 1 aromatic heterocycles. The number of morpholine rings is 1. The molecule has 10 heteroatoms. The molecule has 3 rings (SSSR count). The second kappa shape index (κ2) is 6.89. The number of benzene rings is 1. The quantitative estimate of drug-likeness (QED) is 0.662. The molecule has 1 aliphatic rings. The zero-order valence-corrected chi connectivity index (χ0v) is 13.7.